The molecule has 0 aromatic carbocycles. The number of furan rings is 1. The molecule has 2 aromatic rings. The number of hydrogen-bond acceptors (Lipinski definition) is 4. The fraction of sp³-hybridized carbons (Fsp3) is 0.333. The van der Waals surface area contributed by atoms with Crippen LogP contribution in [0.1, 0.15) is 18.2 Å². The van der Waals surface area contributed by atoms with E-state index in [0.29, 0.717) is 6.54 Å². The molecule has 0 aliphatic rings. The smallest absolute Gasteiger partial charge is 0.224 e. The molecular formula is C12H14ClN3O. The van der Waals surface area contributed by atoms with Gasteiger partial charge in [0.2, 0.25) is 5.28 Å². The van der Waals surface area contributed by atoms with Crippen molar-refractivity contribution in [1.29, 1.82) is 0 Å². The molecule has 0 bridgehead atoms. The normalized spacial score (nSPS) is 10.5. The van der Waals surface area contributed by atoms with Crippen molar-refractivity contribution in [2.24, 2.45) is 0 Å². The highest BCUT2D eigenvalue weighted by atomic mass is 35.5. The summed E-state index contributed by atoms with van der Waals surface area (Å²) in [6.45, 7) is 5.54. The minimum Gasteiger partial charge on any atom is -0.467 e. The molecule has 0 saturated carbocycles. The summed E-state index contributed by atoms with van der Waals surface area (Å²) in [5, 5.41) is 0.267. The molecule has 17 heavy (non-hydrogen) atoms. The lowest BCUT2D eigenvalue weighted by Crippen LogP contribution is -2.24. The summed E-state index contributed by atoms with van der Waals surface area (Å²) >= 11 is 5.83. The third-order valence-electron chi connectivity index (χ3n) is 2.52. The lowest BCUT2D eigenvalue weighted by Gasteiger charge is -2.22. The topological polar surface area (TPSA) is 42.2 Å². The van der Waals surface area contributed by atoms with E-state index in [1.54, 1.807) is 12.5 Å². The zero-order valence-electron chi connectivity index (χ0n) is 9.85. The van der Waals surface area contributed by atoms with E-state index >= 15 is 0 Å². The van der Waals surface area contributed by atoms with Gasteiger partial charge in [-0.15, -0.1) is 0 Å². The Labute approximate surface area is 105 Å². The fourth-order valence-electron chi connectivity index (χ4n) is 1.66. The van der Waals surface area contributed by atoms with Crippen molar-refractivity contribution >= 4 is 17.4 Å². The summed E-state index contributed by atoms with van der Waals surface area (Å²) in [6.07, 6.45) is 3.40. The van der Waals surface area contributed by atoms with Crippen LogP contribution in [0.4, 0.5) is 5.82 Å². The van der Waals surface area contributed by atoms with E-state index in [9.17, 15) is 0 Å². The third-order valence-corrected chi connectivity index (χ3v) is 2.71. The molecular weight excluding hydrogens is 238 g/mol. The summed E-state index contributed by atoms with van der Waals surface area (Å²) in [6, 6.07) is 3.82. The van der Waals surface area contributed by atoms with Crippen LogP contribution in [0.5, 0.6) is 0 Å². The molecule has 0 fully saturated rings. The van der Waals surface area contributed by atoms with Gasteiger partial charge in [0.25, 0.3) is 0 Å². The van der Waals surface area contributed by atoms with Crippen LogP contribution in [-0.2, 0) is 6.54 Å². The largest absolute Gasteiger partial charge is 0.467 e. The van der Waals surface area contributed by atoms with Crippen LogP contribution in [0.25, 0.3) is 0 Å². The monoisotopic (exact) mass is 251 g/mol. The van der Waals surface area contributed by atoms with Crippen molar-refractivity contribution in [2.45, 2.75) is 20.4 Å². The van der Waals surface area contributed by atoms with Crippen molar-refractivity contribution in [2.75, 3.05) is 11.4 Å². The van der Waals surface area contributed by atoms with Crippen molar-refractivity contribution in [3.05, 3.63) is 41.2 Å². The summed E-state index contributed by atoms with van der Waals surface area (Å²) < 4.78 is 5.34. The van der Waals surface area contributed by atoms with Gasteiger partial charge < -0.3 is 9.32 Å². The Morgan fingerprint density at radius 1 is 1.47 bits per heavy atom. The van der Waals surface area contributed by atoms with Crippen LogP contribution in [-0.4, -0.2) is 16.5 Å². The summed E-state index contributed by atoms with van der Waals surface area (Å²) in [5.41, 5.74) is 1.00. The van der Waals surface area contributed by atoms with Crippen LogP contribution in [0.3, 0.4) is 0 Å². The molecule has 2 aromatic heterocycles. The van der Waals surface area contributed by atoms with Gasteiger partial charge in [-0.1, -0.05) is 0 Å². The summed E-state index contributed by atoms with van der Waals surface area (Å²) in [4.78, 5) is 10.3. The maximum atomic E-state index is 5.83. The van der Waals surface area contributed by atoms with E-state index in [1.165, 1.54) is 0 Å². The van der Waals surface area contributed by atoms with E-state index in [4.69, 9.17) is 16.0 Å². The van der Waals surface area contributed by atoms with Gasteiger partial charge in [-0.25, -0.2) is 9.97 Å². The molecule has 0 spiro atoms. The Bertz CT molecular complexity index is 485. The van der Waals surface area contributed by atoms with Crippen molar-refractivity contribution < 1.29 is 4.42 Å². The Morgan fingerprint density at radius 2 is 2.29 bits per heavy atom. The molecule has 5 heteroatoms. The van der Waals surface area contributed by atoms with Crippen molar-refractivity contribution in [3.8, 4) is 0 Å². The van der Waals surface area contributed by atoms with Gasteiger partial charge in [-0.2, -0.15) is 0 Å². The molecule has 0 amide bonds. The highest BCUT2D eigenvalue weighted by Gasteiger charge is 2.12. The highest BCUT2D eigenvalue weighted by Crippen LogP contribution is 2.20. The van der Waals surface area contributed by atoms with Gasteiger partial charge in [0.15, 0.2) is 0 Å². The number of aromatic nitrogens is 2. The Kier molecular flexibility index (Phi) is 3.64. The van der Waals surface area contributed by atoms with E-state index in [0.717, 1.165) is 23.7 Å². The van der Waals surface area contributed by atoms with Gasteiger partial charge >= 0.3 is 0 Å². The Morgan fingerprint density at radius 3 is 2.94 bits per heavy atom. The lowest BCUT2D eigenvalue weighted by molar-refractivity contribution is 0.502. The van der Waals surface area contributed by atoms with E-state index in [1.807, 2.05) is 19.1 Å². The quantitative estimate of drug-likeness (QED) is 0.784. The second kappa shape index (κ2) is 5.19. The van der Waals surface area contributed by atoms with Gasteiger partial charge in [0.05, 0.1) is 12.8 Å². The zero-order chi connectivity index (χ0) is 12.3. The molecule has 0 aliphatic heterocycles. The van der Waals surface area contributed by atoms with Crippen LogP contribution in [0.15, 0.2) is 29.0 Å². The number of anilines is 1. The van der Waals surface area contributed by atoms with Gasteiger partial charge in [-0.05, 0) is 37.6 Å². The predicted molar refractivity (Wildman–Crippen MR) is 67.2 cm³/mol. The zero-order valence-corrected chi connectivity index (χ0v) is 10.6. The van der Waals surface area contributed by atoms with Gasteiger partial charge in [0, 0.05) is 18.3 Å². The standard InChI is InChI=1S/C12H14ClN3O/c1-3-16(8-10-5-4-6-17-10)11-9(2)7-14-12(13)15-11/h4-7H,3,8H2,1-2H3. The average Bonchev–Trinajstić information content (AvgIpc) is 2.82. The predicted octanol–water partition coefficient (Wildman–Crippen LogP) is 3.06. The van der Waals surface area contributed by atoms with Crippen LogP contribution in [0.2, 0.25) is 5.28 Å². The first-order valence-corrected chi connectivity index (χ1v) is 5.85. The maximum absolute atomic E-state index is 5.83. The minimum atomic E-state index is 0.267. The first kappa shape index (κ1) is 11.9. The highest BCUT2D eigenvalue weighted by molar-refractivity contribution is 6.28. The number of aryl methyl sites for hydroxylation is 1. The Balaban J connectivity index is 2.25. The molecule has 0 radical (unpaired) electrons. The molecule has 0 atom stereocenters. The summed E-state index contributed by atoms with van der Waals surface area (Å²) in [7, 11) is 0. The first-order chi connectivity index (χ1) is 8.20. The Hall–Kier alpha value is -1.55. The van der Waals surface area contributed by atoms with Gasteiger partial charge in [0.1, 0.15) is 11.6 Å². The first-order valence-electron chi connectivity index (χ1n) is 5.47. The second-order valence-electron chi connectivity index (χ2n) is 3.74. The van der Waals surface area contributed by atoms with Gasteiger partial charge in [-0.3, -0.25) is 0 Å². The SMILES string of the molecule is CCN(Cc1ccco1)c1nc(Cl)ncc1C. The number of nitrogens with zero attached hydrogens (tertiary/aromatic N) is 3. The van der Waals surface area contributed by atoms with Crippen LogP contribution < -0.4 is 4.90 Å². The molecule has 0 N–H and O–H groups in total. The molecule has 90 valence electrons. The molecule has 0 unspecified atom stereocenters. The second-order valence-corrected chi connectivity index (χ2v) is 4.08. The third kappa shape index (κ3) is 2.77. The number of halogens is 1. The van der Waals surface area contributed by atoms with E-state index < -0.39 is 0 Å². The molecule has 0 saturated heterocycles. The van der Waals surface area contributed by atoms with Crippen LogP contribution in [0, 0.1) is 6.92 Å². The van der Waals surface area contributed by atoms with Crippen LogP contribution >= 0.6 is 11.6 Å². The average molecular weight is 252 g/mol. The number of hydrogen-bond donors (Lipinski definition) is 0. The molecule has 0 aliphatic carbocycles. The minimum absolute atomic E-state index is 0.267. The molecule has 4 nitrogen and oxygen atoms in total. The molecule has 2 heterocycles. The lowest BCUT2D eigenvalue weighted by atomic mass is 10.3. The van der Waals surface area contributed by atoms with E-state index in [2.05, 4.69) is 21.8 Å². The molecule has 2 rings (SSSR count). The van der Waals surface area contributed by atoms with Crippen molar-refractivity contribution in [1.82, 2.24) is 9.97 Å². The van der Waals surface area contributed by atoms with Crippen molar-refractivity contribution in [3.63, 3.8) is 0 Å². The summed E-state index contributed by atoms with van der Waals surface area (Å²) in [5.74, 6) is 1.75. The maximum Gasteiger partial charge on any atom is 0.224 e. The number of rotatable bonds is 4. The fourth-order valence-corrected chi connectivity index (χ4v) is 1.79. The van der Waals surface area contributed by atoms with E-state index in [-0.39, 0.29) is 5.28 Å².